The Morgan fingerprint density at radius 2 is 2.22 bits per heavy atom. The summed E-state index contributed by atoms with van der Waals surface area (Å²) in [6.45, 7) is 4.91. The summed E-state index contributed by atoms with van der Waals surface area (Å²) < 4.78 is 13.0. The third-order valence-electron chi connectivity index (χ3n) is 2.72. The van der Waals surface area contributed by atoms with Gasteiger partial charge >= 0.3 is 0 Å². The van der Waals surface area contributed by atoms with Crippen LogP contribution in [0.3, 0.4) is 0 Å². The van der Waals surface area contributed by atoms with Crippen molar-refractivity contribution in [3.05, 3.63) is 51.7 Å². The van der Waals surface area contributed by atoms with Crippen LogP contribution < -0.4 is 5.32 Å². The summed E-state index contributed by atoms with van der Waals surface area (Å²) >= 11 is 1.83. The van der Waals surface area contributed by atoms with E-state index in [0.717, 1.165) is 12.0 Å². The molecule has 1 N–H and O–H groups in total. The van der Waals surface area contributed by atoms with Crippen molar-refractivity contribution in [2.75, 3.05) is 0 Å². The molecule has 2 rings (SSSR count). The maximum absolute atomic E-state index is 13.0. The molecule has 0 spiro atoms. The normalized spacial score (nSPS) is 12.6. The van der Waals surface area contributed by atoms with Crippen molar-refractivity contribution in [2.45, 2.75) is 32.9 Å². The zero-order valence-electron chi connectivity index (χ0n) is 10.6. The van der Waals surface area contributed by atoms with Crippen molar-refractivity contribution in [1.82, 2.24) is 10.3 Å². The van der Waals surface area contributed by atoms with E-state index >= 15 is 0 Å². The lowest BCUT2D eigenvalue weighted by Crippen LogP contribution is -2.27. The molecule has 0 saturated carbocycles. The Morgan fingerprint density at radius 1 is 1.39 bits per heavy atom. The largest absolute Gasteiger partial charge is 0.310 e. The molecule has 96 valence electrons. The number of halogens is 1. The maximum atomic E-state index is 13.0. The summed E-state index contributed by atoms with van der Waals surface area (Å²) in [6, 6.07) is 6.19. The van der Waals surface area contributed by atoms with Crippen LogP contribution in [0.2, 0.25) is 0 Å². The number of nitrogens with zero attached hydrogens (tertiary/aromatic N) is 1. The number of nitrogens with one attached hydrogen (secondary N) is 1. The molecule has 0 aromatic carbocycles. The van der Waals surface area contributed by atoms with E-state index < -0.39 is 0 Å². The van der Waals surface area contributed by atoms with Crippen LogP contribution in [0.4, 0.5) is 4.39 Å². The van der Waals surface area contributed by atoms with E-state index in [0.29, 0.717) is 12.6 Å². The summed E-state index contributed by atoms with van der Waals surface area (Å²) in [5.74, 6) is -0.282. The van der Waals surface area contributed by atoms with Gasteiger partial charge in [0.05, 0.1) is 6.20 Å². The molecule has 1 atom stereocenters. The van der Waals surface area contributed by atoms with Gasteiger partial charge in [-0.15, -0.1) is 11.3 Å². The highest BCUT2D eigenvalue weighted by atomic mass is 32.1. The molecule has 2 aromatic rings. The molecule has 0 amide bonds. The minimum Gasteiger partial charge on any atom is -0.310 e. The summed E-state index contributed by atoms with van der Waals surface area (Å²) in [5.41, 5.74) is 0.879. The molecule has 2 aromatic heterocycles. The Morgan fingerprint density at radius 3 is 2.89 bits per heavy atom. The van der Waals surface area contributed by atoms with E-state index in [-0.39, 0.29) is 5.82 Å². The number of hydrogen-bond donors (Lipinski definition) is 1. The third-order valence-corrected chi connectivity index (χ3v) is 3.74. The first-order chi connectivity index (χ1) is 8.63. The van der Waals surface area contributed by atoms with E-state index in [1.807, 2.05) is 11.3 Å². The molecule has 0 aliphatic carbocycles. The number of pyridine rings is 1. The van der Waals surface area contributed by atoms with Crippen LogP contribution in [0, 0.1) is 12.7 Å². The van der Waals surface area contributed by atoms with Crippen molar-refractivity contribution in [3.8, 4) is 0 Å². The standard InChI is InChI=1S/C14H17FN2S/c1-10(5-14-4-3-11(2)18-14)17-8-12-6-13(15)9-16-7-12/h3-4,6-7,9-10,17H,5,8H2,1-2H3. The number of hydrogen-bond acceptors (Lipinski definition) is 3. The van der Waals surface area contributed by atoms with Crippen LogP contribution in [-0.4, -0.2) is 11.0 Å². The van der Waals surface area contributed by atoms with Gasteiger partial charge in [0.1, 0.15) is 5.82 Å². The molecule has 2 heterocycles. The summed E-state index contributed by atoms with van der Waals surface area (Å²) in [7, 11) is 0. The van der Waals surface area contributed by atoms with Gasteiger partial charge in [-0.3, -0.25) is 4.98 Å². The molecule has 0 bridgehead atoms. The van der Waals surface area contributed by atoms with E-state index in [4.69, 9.17) is 0 Å². The Hall–Kier alpha value is -1.26. The van der Waals surface area contributed by atoms with Crippen molar-refractivity contribution < 1.29 is 4.39 Å². The first-order valence-electron chi connectivity index (χ1n) is 6.01. The number of rotatable bonds is 5. The van der Waals surface area contributed by atoms with Crippen LogP contribution in [0.5, 0.6) is 0 Å². The summed E-state index contributed by atoms with van der Waals surface area (Å²) in [6.07, 6.45) is 3.92. The zero-order chi connectivity index (χ0) is 13.0. The predicted molar refractivity (Wildman–Crippen MR) is 73.3 cm³/mol. The Bertz CT molecular complexity index is 510. The van der Waals surface area contributed by atoms with Gasteiger partial charge in [-0.1, -0.05) is 0 Å². The molecule has 0 aliphatic rings. The number of aromatic nitrogens is 1. The highest BCUT2D eigenvalue weighted by Crippen LogP contribution is 2.16. The van der Waals surface area contributed by atoms with Gasteiger partial charge in [0, 0.05) is 28.5 Å². The van der Waals surface area contributed by atoms with Gasteiger partial charge in [0.2, 0.25) is 0 Å². The molecular weight excluding hydrogens is 247 g/mol. The molecule has 0 aliphatic heterocycles. The Balaban J connectivity index is 1.83. The Kier molecular flexibility index (Phi) is 4.44. The first-order valence-corrected chi connectivity index (χ1v) is 6.83. The SMILES string of the molecule is Cc1ccc(CC(C)NCc2cncc(F)c2)s1. The fraction of sp³-hybridized carbons (Fsp3) is 0.357. The molecular formula is C14H17FN2S. The minimum absolute atomic E-state index is 0.282. The van der Waals surface area contributed by atoms with E-state index in [9.17, 15) is 4.39 Å². The van der Waals surface area contributed by atoms with Crippen LogP contribution in [-0.2, 0) is 13.0 Å². The second-order valence-electron chi connectivity index (χ2n) is 4.51. The van der Waals surface area contributed by atoms with Gasteiger partial charge in [0.25, 0.3) is 0 Å². The van der Waals surface area contributed by atoms with Crippen molar-refractivity contribution in [1.29, 1.82) is 0 Å². The van der Waals surface area contributed by atoms with Gasteiger partial charge in [0.15, 0.2) is 0 Å². The lowest BCUT2D eigenvalue weighted by Gasteiger charge is -2.12. The van der Waals surface area contributed by atoms with Gasteiger partial charge in [-0.25, -0.2) is 4.39 Å². The molecule has 2 nitrogen and oxygen atoms in total. The highest BCUT2D eigenvalue weighted by Gasteiger charge is 2.05. The second kappa shape index (κ2) is 6.07. The zero-order valence-corrected chi connectivity index (χ0v) is 11.4. The highest BCUT2D eigenvalue weighted by molar-refractivity contribution is 7.11. The number of aryl methyl sites for hydroxylation is 1. The van der Waals surface area contributed by atoms with Crippen LogP contribution in [0.25, 0.3) is 0 Å². The van der Waals surface area contributed by atoms with Crippen LogP contribution in [0.1, 0.15) is 22.2 Å². The van der Waals surface area contributed by atoms with Crippen molar-refractivity contribution in [3.63, 3.8) is 0 Å². The molecule has 1 unspecified atom stereocenters. The quantitative estimate of drug-likeness (QED) is 0.896. The smallest absolute Gasteiger partial charge is 0.141 e. The average molecular weight is 264 g/mol. The topological polar surface area (TPSA) is 24.9 Å². The predicted octanol–water partition coefficient (Wildman–Crippen LogP) is 3.31. The lowest BCUT2D eigenvalue weighted by atomic mass is 10.2. The monoisotopic (exact) mass is 264 g/mol. The fourth-order valence-corrected chi connectivity index (χ4v) is 2.83. The minimum atomic E-state index is -0.282. The van der Waals surface area contributed by atoms with Crippen molar-refractivity contribution in [2.24, 2.45) is 0 Å². The molecule has 0 saturated heterocycles. The Labute approximate surface area is 111 Å². The third kappa shape index (κ3) is 3.89. The van der Waals surface area contributed by atoms with E-state index in [1.165, 1.54) is 22.0 Å². The van der Waals surface area contributed by atoms with Crippen LogP contribution in [0.15, 0.2) is 30.6 Å². The molecule has 18 heavy (non-hydrogen) atoms. The van der Waals surface area contributed by atoms with E-state index in [2.05, 4.69) is 36.3 Å². The molecule has 4 heteroatoms. The lowest BCUT2D eigenvalue weighted by molar-refractivity contribution is 0.544. The average Bonchev–Trinajstić information content (AvgIpc) is 2.72. The molecule has 0 radical (unpaired) electrons. The van der Waals surface area contributed by atoms with Crippen LogP contribution >= 0.6 is 11.3 Å². The van der Waals surface area contributed by atoms with E-state index in [1.54, 1.807) is 6.20 Å². The second-order valence-corrected chi connectivity index (χ2v) is 5.88. The molecule has 0 fully saturated rings. The number of thiophene rings is 1. The van der Waals surface area contributed by atoms with Gasteiger partial charge in [-0.2, -0.15) is 0 Å². The maximum Gasteiger partial charge on any atom is 0.141 e. The van der Waals surface area contributed by atoms with Crippen molar-refractivity contribution >= 4 is 11.3 Å². The van der Waals surface area contributed by atoms with Gasteiger partial charge < -0.3 is 5.32 Å². The summed E-state index contributed by atoms with van der Waals surface area (Å²) in [4.78, 5) is 6.56. The first kappa shape index (κ1) is 13.2. The summed E-state index contributed by atoms with van der Waals surface area (Å²) in [5, 5.41) is 3.38. The fourth-order valence-electron chi connectivity index (χ4n) is 1.81. The van der Waals surface area contributed by atoms with Gasteiger partial charge in [-0.05, 0) is 44.0 Å².